The fourth-order valence-electron chi connectivity index (χ4n) is 4.09. The largest absolute Gasteiger partial charge is 0.496 e. The maximum Gasteiger partial charge on any atom is 0.306 e. The van der Waals surface area contributed by atoms with Gasteiger partial charge in [-0.1, -0.05) is 23.8 Å². The second kappa shape index (κ2) is 14.1. The summed E-state index contributed by atoms with van der Waals surface area (Å²) >= 11 is 1.18. The molecule has 3 aromatic carbocycles. The summed E-state index contributed by atoms with van der Waals surface area (Å²) in [7, 11) is -9.45. The predicted octanol–water partition coefficient (Wildman–Crippen LogP) is 4.92. The lowest BCUT2D eigenvalue weighted by Crippen LogP contribution is -2.10. The van der Waals surface area contributed by atoms with Crippen LogP contribution in [0.4, 0.5) is 0 Å². The number of allylic oxidation sites excluding steroid dienone is 1. The molecule has 0 spiro atoms. The summed E-state index contributed by atoms with van der Waals surface area (Å²) in [6.07, 6.45) is 5.00. The van der Waals surface area contributed by atoms with Gasteiger partial charge in [-0.05, 0) is 55.3 Å². The Bertz CT molecular complexity index is 1940. The zero-order chi connectivity index (χ0) is 33.7. The van der Waals surface area contributed by atoms with E-state index in [1.807, 2.05) is 19.9 Å². The standard InChI is InChI=1S/C29H32O12S4/c1-18(2)12-13-42-29-21(17-30)14-20(15-25(29)40-44(6,33)34)26-24(37-3)16-23(27(38-4)28(26)41-45(7,35)36)19-8-10-22(11-9-19)39-43(5,31)32/h8-12,14-17H,13H2,1-7H3. The van der Waals surface area contributed by atoms with Crippen LogP contribution in [0.5, 0.6) is 28.7 Å². The summed E-state index contributed by atoms with van der Waals surface area (Å²) in [5, 5.41) is 0. The number of benzene rings is 3. The molecule has 0 aliphatic rings. The first-order valence-electron chi connectivity index (χ1n) is 12.8. The van der Waals surface area contributed by atoms with E-state index in [9.17, 15) is 30.0 Å². The van der Waals surface area contributed by atoms with E-state index in [-0.39, 0.29) is 50.3 Å². The van der Waals surface area contributed by atoms with Crippen LogP contribution in [0, 0.1) is 0 Å². The molecule has 16 heteroatoms. The smallest absolute Gasteiger partial charge is 0.306 e. The van der Waals surface area contributed by atoms with E-state index in [2.05, 4.69) is 0 Å². The topological polar surface area (TPSA) is 166 Å². The van der Waals surface area contributed by atoms with Crippen molar-refractivity contribution >= 4 is 48.4 Å². The molecule has 3 rings (SSSR count). The van der Waals surface area contributed by atoms with E-state index in [0.717, 1.165) is 24.3 Å². The number of rotatable bonds is 14. The van der Waals surface area contributed by atoms with E-state index >= 15 is 0 Å². The Balaban J connectivity index is 2.40. The number of aldehydes is 1. The minimum Gasteiger partial charge on any atom is -0.496 e. The lowest BCUT2D eigenvalue weighted by molar-refractivity contribution is 0.112. The molecule has 0 amide bonds. The van der Waals surface area contributed by atoms with Crippen LogP contribution in [0.15, 0.2) is 59.0 Å². The summed E-state index contributed by atoms with van der Waals surface area (Å²) in [5.41, 5.74) is 1.95. The molecule has 12 nitrogen and oxygen atoms in total. The van der Waals surface area contributed by atoms with Gasteiger partial charge in [0.2, 0.25) is 0 Å². The van der Waals surface area contributed by atoms with Crippen molar-refractivity contribution in [3.63, 3.8) is 0 Å². The van der Waals surface area contributed by atoms with Crippen LogP contribution < -0.4 is 22.0 Å². The molecule has 3 aromatic rings. The monoisotopic (exact) mass is 700 g/mol. The molecule has 0 atom stereocenters. The summed E-state index contributed by atoms with van der Waals surface area (Å²) in [6.45, 7) is 3.78. The maximum atomic E-state index is 12.5. The molecule has 0 saturated carbocycles. The van der Waals surface area contributed by atoms with Gasteiger partial charge in [0.1, 0.15) is 11.5 Å². The van der Waals surface area contributed by atoms with Crippen molar-refractivity contribution in [2.24, 2.45) is 0 Å². The van der Waals surface area contributed by atoms with Crippen molar-refractivity contribution in [1.29, 1.82) is 0 Å². The quantitative estimate of drug-likeness (QED) is 0.0963. The molecular weight excluding hydrogens is 669 g/mol. The van der Waals surface area contributed by atoms with E-state index in [1.54, 1.807) is 0 Å². The van der Waals surface area contributed by atoms with E-state index in [4.69, 9.17) is 22.0 Å². The van der Waals surface area contributed by atoms with Crippen molar-refractivity contribution in [3.8, 4) is 51.0 Å². The molecule has 0 N–H and O–H groups in total. The van der Waals surface area contributed by atoms with Crippen LogP contribution >= 0.6 is 11.8 Å². The lowest BCUT2D eigenvalue weighted by Gasteiger charge is -2.21. The average molecular weight is 701 g/mol. The van der Waals surface area contributed by atoms with Gasteiger partial charge < -0.3 is 22.0 Å². The van der Waals surface area contributed by atoms with Gasteiger partial charge >= 0.3 is 30.4 Å². The molecule has 0 saturated heterocycles. The highest BCUT2D eigenvalue weighted by Gasteiger charge is 2.28. The number of carbonyl (C=O) groups is 1. The SMILES string of the molecule is COc1cc(-c2ccc(OS(C)(=O)=O)cc2)c(OC)c(OS(C)(=O)=O)c1-c1cc(C=O)c(SCC=C(C)C)c(OS(C)(=O)=O)c1. The molecule has 0 aliphatic heterocycles. The number of methoxy groups -OCH3 is 2. The zero-order valence-corrected chi connectivity index (χ0v) is 28.7. The Hall–Kier alpha value is -3.73. The van der Waals surface area contributed by atoms with Crippen molar-refractivity contribution in [1.82, 2.24) is 0 Å². The summed E-state index contributed by atoms with van der Waals surface area (Å²) in [4.78, 5) is 12.6. The Morgan fingerprint density at radius 3 is 1.82 bits per heavy atom. The number of hydrogen-bond donors (Lipinski definition) is 0. The molecule has 244 valence electrons. The van der Waals surface area contributed by atoms with Gasteiger partial charge in [0, 0.05) is 16.9 Å². The fraction of sp³-hybridized carbons (Fsp3) is 0.276. The summed E-state index contributed by atoms with van der Waals surface area (Å²) < 4.78 is 99.5. The number of hydrogen-bond acceptors (Lipinski definition) is 13. The Labute approximate surface area is 267 Å². The highest BCUT2D eigenvalue weighted by Crippen LogP contribution is 2.52. The molecule has 0 bridgehead atoms. The summed E-state index contributed by atoms with van der Waals surface area (Å²) in [6, 6.07) is 10.1. The Morgan fingerprint density at radius 1 is 0.733 bits per heavy atom. The first-order valence-corrected chi connectivity index (χ1v) is 19.3. The molecule has 0 unspecified atom stereocenters. The minimum atomic E-state index is -4.20. The first-order chi connectivity index (χ1) is 20.9. The van der Waals surface area contributed by atoms with Gasteiger partial charge in [-0.2, -0.15) is 25.3 Å². The maximum absolute atomic E-state index is 12.5. The summed E-state index contributed by atoms with van der Waals surface area (Å²) in [5.74, 6) is -0.0376. The van der Waals surface area contributed by atoms with Gasteiger partial charge in [-0.15, -0.1) is 11.8 Å². The molecule has 45 heavy (non-hydrogen) atoms. The van der Waals surface area contributed by atoms with E-state index < -0.39 is 30.4 Å². The zero-order valence-electron chi connectivity index (χ0n) is 25.4. The van der Waals surface area contributed by atoms with Gasteiger partial charge in [0.25, 0.3) is 0 Å². The van der Waals surface area contributed by atoms with Crippen LogP contribution in [0.25, 0.3) is 22.3 Å². The van der Waals surface area contributed by atoms with Crippen LogP contribution in [0.2, 0.25) is 0 Å². The normalized spacial score (nSPS) is 11.8. The Kier molecular flexibility index (Phi) is 11.2. The van der Waals surface area contributed by atoms with E-state index in [0.29, 0.717) is 23.2 Å². The van der Waals surface area contributed by atoms with Gasteiger partial charge in [0.05, 0.1) is 43.4 Å². The molecular formula is C29H32O12S4. The third-order valence-corrected chi connectivity index (χ3v) is 8.24. The highest BCUT2D eigenvalue weighted by molar-refractivity contribution is 7.99. The third-order valence-electron chi connectivity index (χ3n) is 5.73. The lowest BCUT2D eigenvalue weighted by atomic mass is 9.95. The molecule has 0 heterocycles. The number of ether oxygens (including phenoxy) is 2. The van der Waals surface area contributed by atoms with Crippen molar-refractivity contribution in [2.45, 2.75) is 18.7 Å². The average Bonchev–Trinajstić information content (AvgIpc) is 2.90. The van der Waals surface area contributed by atoms with Crippen LogP contribution in [0.3, 0.4) is 0 Å². The highest BCUT2D eigenvalue weighted by atomic mass is 32.2. The van der Waals surface area contributed by atoms with E-state index in [1.165, 1.54) is 68.4 Å². The van der Waals surface area contributed by atoms with Crippen LogP contribution in [-0.4, -0.2) is 70.3 Å². The van der Waals surface area contributed by atoms with Crippen molar-refractivity contribution in [2.75, 3.05) is 38.7 Å². The molecule has 0 aromatic heterocycles. The second-order valence-electron chi connectivity index (χ2n) is 9.85. The second-order valence-corrected chi connectivity index (χ2v) is 15.6. The molecule has 0 radical (unpaired) electrons. The van der Waals surface area contributed by atoms with Crippen molar-refractivity contribution in [3.05, 3.63) is 59.7 Å². The van der Waals surface area contributed by atoms with Crippen LogP contribution in [-0.2, 0) is 30.4 Å². The van der Waals surface area contributed by atoms with Crippen molar-refractivity contribution < 1.29 is 52.1 Å². The minimum absolute atomic E-state index is 0.0165. The van der Waals surface area contributed by atoms with Gasteiger partial charge in [-0.25, -0.2) is 0 Å². The molecule has 0 fully saturated rings. The number of thioether (sulfide) groups is 1. The van der Waals surface area contributed by atoms with Gasteiger partial charge in [-0.3, -0.25) is 4.79 Å². The predicted molar refractivity (Wildman–Crippen MR) is 172 cm³/mol. The number of carbonyl (C=O) groups excluding carboxylic acids is 1. The fourth-order valence-corrected chi connectivity index (χ4v) is 6.62. The third kappa shape index (κ3) is 9.88. The first kappa shape index (κ1) is 35.7. The molecule has 0 aliphatic carbocycles. The van der Waals surface area contributed by atoms with Crippen LogP contribution in [0.1, 0.15) is 24.2 Å². The van der Waals surface area contributed by atoms with Gasteiger partial charge in [0.15, 0.2) is 23.5 Å². The Morgan fingerprint density at radius 2 is 1.33 bits per heavy atom.